The molecule has 0 saturated carbocycles. The molecule has 5 heteroatoms. The highest BCUT2D eigenvalue weighted by Gasteiger charge is 2.44. The summed E-state index contributed by atoms with van der Waals surface area (Å²) in [6.07, 6.45) is 6.75. The maximum atomic E-state index is 6.64. The lowest BCUT2D eigenvalue weighted by Gasteiger charge is -2.31. The second kappa shape index (κ2) is 7.01. The molecule has 29 heavy (non-hydrogen) atoms. The van der Waals surface area contributed by atoms with Gasteiger partial charge in [0.25, 0.3) is 0 Å². The molecule has 0 bridgehead atoms. The van der Waals surface area contributed by atoms with Gasteiger partial charge in [-0.2, -0.15) is 0 Å². The lowest BCUT2D eigenvalue weighted by atomic mass is 10.0. The van der Waals surface area contributed by atoms with Gasteiger partial charge >= 0.3 is 0 Å². The highest BCUT2D eigenvalue weighted by molar-refractivity contribution is 5.40. The number of benzene rings is 2. The Balaban J connectivity index is 1.26. The molecule has 0 amide bonds. The molecule has 3 aliphatic rings. The Morgan fingerprint density at radius 1 is 0.966 bits per heavy atom. The van der Waals surface area contributed by atoms with E-state index in [1.807, 2.05) is 17.1 Å². The molecule has 148 valence electrons. The van der Waals surface area contributed by atoms with E-state index in [9.17, 15) is 0 Å². The number of hydrogen-bond donors (Lipinski definition) is 1. The molecule has 6 rings (SSSR count). The fourth-order valence-electron chi connectivity index (χ4n) is 5.42. The van der Waals surface area contributed by atoms with Gasteiger partial charge in [0.15, 0.2) is 0 Å². The molecule has 1 N–H and O–H groups in total. The van der Waals surface area contributed by atoms with Crippen molar-refractivity contribution in [2.24, 2.45) is 11.8 Å². The molecule has 3 aromatic rings. The first-order chi connectivity index (χ1) is 14.3. The molecule has 1 aromatic heterocycles. The van der Waals surface area contributed by atoms with Crippen molar-refractivity contribution in [2.45, 2.75) is 18.6 Å². The Hall–Kier alpha value is -2.63. The van der Waals surface area contributed by atoms with E-state index in [0.29, 0.717) is 6.04 Å². The molecule has 2 saturated heterocycles. The van der Waals surface area contributed by atoms with E-state index in [4.69, 9.17) is 4.74 Å². The minimum Gasteiger partial charge on any atom is -0.484 e. The molecule has 0 radical (unpaired) electrons. The van der Waals surface area contributed by atoms with Crippen LogP contribution in [0.4, 0.5) is 0 Å². The number of likely N-dealkylation sites (tertiary alicyclic amines) is 1. The summed E-state index contributed by atoms with van der Waals surface area (Å²) >= 11 is 0. The van der Waals surface area contributed by atoms with Crippen molar-refractivity contribution in [3.63, 3.8) is 0 Å². The zero-order chi connectivity index (χ0) is 19.2. The Kier molecular flexibility index (Phi) is 4.17. The number of nitrogens with one attached hydrogen (secondary N) is 1. The lowest BCUT2D eigenvalue weighted by Crippen LogP contribution is -2.40. The van der Waals surface area contributed by atoms with Crippen LogP contribution < -0.4 is 10.1 Å². The summed E-state index contributed by atoms with van der Waals surface area (Å²) in [6, 6.07) is 17.6. The third-order valence-corrected chi connectivity index (χ3v) is 6.93. The number of ether oxygens (including phenoxy) is 1. The number of hydrogen-bond acceptors (Lipinski definition) is 4. The van der Waals surface area contributed by atoms with Crippen LogP contribution in [0.3, 0.4) is 0 Å². The van der Waals surface area contributed by atoms with Crippen LogP contribution in [0.25, 0.3) is 5.69 Å². The van der Waals surface area contributed by atoms with Crippen LogP contribution in [0.2, 0.25) is 0 Å². The predicted molar refractivity (Wildman–Crippen MR) is 112 cm³/mol. The highest BCUT2D eigenvalue weighted by Crippen LogP contribution is 2.41. The summed E-state index contributed by atoms with van der Waals surface area (Å²) in [4.78, 5) is 6.82. The van der Waals surface area contributed by atoms with Crippen LogP contribution in [0.1, 0.15) is 17.2 Å². The maximum absolute atomic E-state index is 6.64. The molecule has 3 heterocycles. The Bertz CT molecular complexity index is 972. The fourth-order valence-corrected chi connectivity index (χ4v) is 5.42. The summed E-state index contributed by atoms with van der Waals surface area (Å²) < 4.78 is 8.65. The molecular weight excluding hydrogens is 360 g/mol. The van der Waals surface area contributed by atoms with Crippen molar-refractivity contribution >= 4 is 0 Å². The lowest BCUT2D eigenvalue weighted by molar-refractivity contribution is 0.0890. The Morgan fingerprint density at radius 2 is 1.76 bits per heavy atom. The quantitative estimate of drug-likeness (QED) is 0.748. The van der Waals surface area contributed by atoms with E-state index in [1.165, 1.54) is 37.3 Å². The third kappa shape index (κ3) is 3.05. The third-order valence-electron chi connectivity index (χ3n) is 6.93. The van der Waals surface area contributed by atoms with Crippen LogP contribution in [-0.2, 0) is 6.42 Å². The minimum absolute atomic E-state index is 0.0945. The fraction of sp³-hybridized carbons (Fsp3) is 0.375. The van der Waals surface area contributed by atoms with Gasteiger partial charge in [-0.3, -0.25) is 4.90 Å². The first-order valence-corrected chi connectivity index (χ1v) is 10.6. The molecule has 0 spiro atoms. The van der Waals surface area contributed by atoms with Crippen LogP contribution in [0.5, 0.6) is 5.75 Å². The zero-order valence-electron chi connectivity index (χ0n) is 16.4. The molecule has 5 nitrogen and oxygen atoms in total. The van der Waals surface area contributed by atoms with E-state index in [1.54, 1.807) is 6.20 Å². The van der Waals surface area contributed by atoms with Crippen LogP contribution in [0, 0.1) is 11.8 Å². The predicted octanol–water partition coefficient (Wildman–Crippen LogP) is 3.07. The van der Waals surface area contributed by atoms with Crippen molar-refractivity contribution in [1.82, 2.24) is 19.8 Å². The average Bonchev–Trinajstić information content (AvgIpc) is 3.52. The SMILES string of the molecule is c1ccc2c(c1)C[C@@H](N1C[C@H]3CNC[C@H]3C1)[C@@H]2Oc1ccc(-n2ccnc2)cc1. The number of imidazole rings is 1. The number of fused-ring (bicyclic) bond motifs is 2. The van der Waals surface area contributed by atoms with Gasteiger partial charge in [0.05, 0.1) is 12.4 Å². The first kappa shape index (κ1) is 17.2. The Morgan fingerprint density at radius 3 is 2.52 bits per heavy atom. The van der Waals surface area contributed by atoms with Crippen molar-refractivity contribution in [2.75, 3.05) is 26.2 Å². The molecule has 2 aromatic carbocycles. The molecule has 2 fully saturated rings. The number of aromatic nitrogens is 2. The van der Waals surface area contributed by atoms with Crippen molar-refractivity contribution in [1.29, 1.82) is 0 Å². The van der Waals surface area contributed by atoms with Crippen molar-refractivity contribution in [3.8, 4) is 11.4 Å². The smallest absolute Gasteiger partial charge is 0.140 e. The second-order valence-corrected chi connectivity index (χ2v) is 8.60. The highest BCUT2D eigenvalue weighted by atomic mass is 16.5. The van der Waals surface area contributed by atoms with Crippen molar-refractivity contribution in [3.05, 3.63) is 78.4 Å². The van der Waals surface area contributed by atoms with Gasteiger partial charge in [0.2, 0.25) is 0 Å². The summed E-state index contributed by atoms with van der Waals surface area (Å²) in [5.41, 5.74) is 3.89. The normalized spacial score (nSPS) is 28.4. The topological polar surface area (TPSA) is 42.3 Å². The van der Waals surface area contributed by atoms with Gasteiger partial charge < -0.3 is 14.6 Å². The van der Waals surface area contributed by atoms with Crippen LogP contribution in [0.15, 0.2) is 67.3 Å². The molecule has 4 atom stereocenters. The summed E-state index contributed by atoms with van der Waals surface area (Å²) in [7, 11) is 0. The van der Waals surface area contributed by atoms with E-state index < -0.39 is 0 Å². The maximum Gasteiger partial charge on any atom is 0.140 e. The van der Waals surface area contributed by atoms with Gasteiger partial charge in [-0.1, -0.05) is 24.3 Å². The standard InChI is InChI=1S/C24H26N4O/c1-2-4-22-17(3-1)11-23(28-14-18-12-26-13-19(18)15-28)24(22)29-21-7-5-20(6-8-21)27-10-9-25-16-27/h1-10,16,18-19,23-24,26H,11-15H2/t18-,19+,23-,24-/m1/s1. The van der Waals surface area contributed by atoms with Crippen LogP contribution >= 0.6 is 0 Å². The second-order valence-electron chi connectivity index (χ2n) is 8.60. The number of rotatable bonds is 4. The van der Waals surface area contributed by atoms with Crippen molar-refractivity contribution < 1.29 is 4.74 Å². The first-order valence-electron chi connectivity index (χ1n) is 10.6. The van der Waals surface area contributed by atoms with E-state index in [2.05, 4.69) is 63.7 Å². The average molecular weight is 386 g/mol. The van der Waals surface area contributed by atoms with E-state index in [0.717, 1.165) is 29.7 Å². The summed E-state index contributed by atoms with van der Waals surface area (Å²) in [5, 5.41) is 3.56. The van der Waals surface area contributed by atoms with Gasteiger partial charge in [0, 0.05) is 31.2 Å². The molecule has 1 aliphatic carbocycles. The van der Waals surface area contributed by atoms with Gasteiger partial charge in [-0.25, -0.2) is 4.98 Å². The van der Waals surface area contributed by atoms with Crippen LogP contribution in [-0.4, -0.2) is 46.7 Å². The molecule has 2 aliphatic heterocycles. The monoisotopic (exact) mass is 386 g/mol. The summed E-state index contributed by atoms with van der Waals surface area (Å²) in [6.45, 7) is 4.72. The Labute approximate surface area is 171 Å². The molecule has 0 unspecified atom stereocenters. The summed E-state index contributed by atoms with van der Waals surface area (Å²) in [5.74, 6) is 2.53. The number of nitrogens with zero attached hydrogens (tertiary/aromatic N) is 3. The minimum atomic E-state index is 0.0945. The zero-order valence-corrected chi connectivity index (χ0v) is 16.4. The molecular formula is C24H26N4O. The van der Waals surface area contributed by atoms with Gasteiger partial charge in [-0.05, 0) is 66.7 Å². The van der Waals surface area contributed by atoms with E-state index in [-0.39, 0.29) is 6.10 Å². The van der Waals surface area contributed by atoms with Gasteiger partial charge in [-0.15, -0.1) is 0 Å². The largest absolute Gasteiger partial charge is 0.484 e. The van der Waals surface area contributed by atoms with E-state index >= 15 is 0 Å². The van der Waals surface area contributed by atoms with Gasteiger partial charge in [0.1, 0.15) is 11.9 Å².